The molecule has 0 aromatic heterocycles. The van der Waals surface area contributed by atoms with Gasteiger partial charge in [-0.05, 0) is 30.2 Å². The van der Waals surface area contributed by atoms with Crippen molar-refractivity contribution in [3.63, 3.8) is 0 Å². The predicted molar refractivity (Wildman–Crippen MR) is 82.7 cm³/mol. The third kappa shape index (κ3) is 5.20. The highest BCUT2D eigenvalue weighted by atomic mass is 35.5. The molecule has 0 N–H and O–H groups in total. The van der Waals surface area contributed by atoms with E-state index < -0.39 is 0 Å². The molecule has 0 aliphatic heterocycles. The molecule has 0 atom stereocenters. The maximum atomic E-state index is 6.22. The molecule has 0 fully saturated rings. The Kier molecular flexibility index (Phi) is 6.01. The number of benzene rings is 1. The van der Waals surface area contributed by atoms with Gasteiger partial charge in [-0.1, -0.05) is 51.1 Å². The van der Waals surface area contributed by atoms with Crippen molar-refractivity contribution in [2.45, 2.75) is 40.0 Å². The van der Waals surface area contributed by atoms with Gasteiger partial charge in [0.05, 0.1) is 0 Å². The molecule has 0 bridgehead atoms. The summed E-state index contributed by atoms with van der Waals surface area (Å²) in [5, 5.41) is 0. The van der Waals surface area contributed by atoms with Crippen molar-refractivity contribution >= 4 is 23.2 Å². The monoisotopic (exact) mass is 286 g/mol. The second kappa shape index (κ2) is 6.82. The molecule has 0 amide bonds. The highest BCUT2D eigenvalue weighted by Gasteiger charge is 2.30. The largest absolute Gasteiger partial charge is 0.126 e. The molecule has 1 aromatic rings. The van der Waals surface area contributed by atoms with Gasteiger partial charge in [0.2, 0.25) is 0 Å². The molecule has 0 saturated heterocycles. The molecule has 1 rings (SSSR count). The second-order valence-electron chi connectivity index (χ2n) is 6.49. The Labute approximate surface area is 122 Å². The number of hydrogen-bond acceptors (Lipinski definition) is 0. The van der Waals surface area contributed by atoms with E-state index in [1.807, 2.05) is 6.07 Å². The van der Waals surface area contributed by atoms with Crippen molar-refractivity contribution in [2.24, 2.45) is 10.8 Å². The Morgan fingerprint density at radius 1 is 0.889 bits per heavy atom. The van der Waals surface area contributed by atoms with E-state index in [1.165, 1.54) is 5.56 Å². The van der Waals surface area contributed by atoms with E-state index in [-0.39, 0.29) is 5.41 Å². The Morgan fingerprint density at radius 3 is 1.89 bits per heavy atom. The molecular weight excluding hydrogens is 263 g/mol. The summed E-state index contributed by atoms with van der Waals surface area (Å²) in [5.74, 6) is 1.25. The molecule has 0 unspecified atom stereocenters. The van der Waals surface area contributed by atoms with Gasteiger partial charge in [-0.2, -0.15) is 0 Å². The summed E-state index contributed by atoms with van der Waals surface area (Å²) in [7, 11) is 0. The lowest BCUT2D eigenvalue weighted by molar-refractivity contribution is 0.260. The summed E-state index contributed by atoms with van der Waals surface area (Å²) in [6.45, 7) is 6.80. The molecule has 102 valence electrons. The zero-order chi connectivity index (χ0) is 13.6. The SMILES string of the molecule is CC(C)(C)CCC(CCl)(CCl)Cc1ccccc1. The van der Waals surface area contributed by atoms with E-state index in [0.717, 1.165) is 19.3 Å². The van der Waals surface area contributed by atoms with E-state index >= 15 is 0 Å². The van der Waals surface area contributed by atoms with Gasteiger partial charge in [0, 0.05) is 17.2 Å². The van der Waals surface area contributed by atoms with E-state index in [2.05, 4.69) is 45.0 Å². The Hall–Kier alpha value is -0.200. The van der Waals surface area contributed by atoms with Crippen LogP contribution in [0.1, 0.15) is 39.2 Å². The van der Waals surface area contributed by atoms with Crippen LogP contribution in [0, 0.1) is 10.8 Å². The highest BCUT2D eigenvalue weighted by Crippen LogP contribution is 2.36. The van der Waals surface area contributed by atoms with Crippen molar-refractivity contribution in [2.75, 3.05) is 11.8 Å². The molecule has 1 aromatic carbocycles. The number of halogens is 2. The first kappa shape index (κ1) is 15.9. The third-order valence-corrected chi connectivity index (χ3v) is 4.53. The minimum atomic E-state index is 0.0255. The fourth-order valence-electron chi connectivity index (χ4n) is 2.02. The van der Waals surface area contributed by atoms with Crippen LogP contribution in [-0.4, -0.2) is 11.8 Å². The van der Waals surface area contributed by atoms with Crippen molar-refractivity contribution in [1.29, 1.82) is 0 Å². The topological polar surface area (TPSA) is 0 Å². The Balaban J connectivity index is 2.74. The van der Waals surface area contributed by atoms with E-state index in [4.69, 9.17) is 23.2 Å². The summed E-state index contributed by atoms with van der Waals surface area (Å²) in [5.41, 5.74) is 1.69. The van der Waals surface area contributed by atoms with Crippen LogP contribution in [-0.2, 0) is 6.42 Å². The van der Waals surface area contributed by atoms with Crippen LogP contribution in [0.15, 0.2) is 30.3 Å². The molecule has 18 heavy (non-hydrogen) atoms. The lowest BCUT2D eigenvalue weighted by Crippen LogP contribution is -2.29. The number of alkyl halides is 2. The summed E-state index contributed by atoms with van der Waals surface area (Å²) < 4.78 is 0. The van der Waals surface area contributed by atoms with Gasteiger partial charge in [0.1, 0.15) is 0 Å². The molecular formula is C16H24Cl2. The number of hydrogen-bond donors (Lipinski definition) is 0. The summed E-state index contributed by atoms with van der Waals surface area (Å²) >= 11 is 12.4. The normalized spacial score (nSPS) is 12.7. The Bertz CT molecular complexity index is 334. The van der Waals surface area contributed by atoms with Gasteiger partial charge in [0.25, 0.3) is 0 Å². The quantitative estimate of drug-likeness (QED) is 0.604. The van der Waals surface area contributed by atoms with Crippen molar-refractivity contribution in [3.8, 4) is 0 Å². The van der Waals surface area contributed by atoms with Crippen LogP contribution >= 0.6 is 23.2 Å². The van der Waals surface area contributed by atoms with Crippen LogP contribution in [0.3, 0.4) is 0 Å². The first-order chi connectivity index (χ1) is 8.41. The molecule has 0 nitrogen and oxygen atoms in total. The average Bonchev–Trinajstić information content (AvgIpc) is 2.35. The maximum Gasteiger partial charge on any atom is 0.0294 e. The third-order valence-electron chi connectivity index (χ3n) is 3.39. The summed E-state index contributed by atoms with van der Waals surface area (Å²) in [6, 6.07) is 10.5. The minimum Gasteiger partial charge on any atom is -0.126 e. The lowest BCUT2D eigenvalue weighted by atomic mass is 9.76. The van der Waals surface area contributed by atoms with Gasteiger partial charge < -0.3 is 0 Å². The van der Waals surface area contributed by atoms with Crippen LogP contribution in [0.4, 0.5) is 0 Å². The molecule has 0 heterocycles. The fourth-order valence-corrected chi connectivity index (χ4v) is 2.76. The van der Waals surface area contributed by atoms with Gasteiger partial charge >= 0.3 is 0 Å². The first-order valence-electron chi connectivity index (χ1n) is 6.57. The van der Waals surface area contributed by atoms with Crippen molar-refractivity contribution in [1.82, 2.24) is 0 Å². The van der Waals surface area contributed by atoms with Gasteiger partial charge in [-0.15, -0.1) is 23.2 Å². The molecule has 0 aliphatic rings. The molecule has 0 saturated carbocycles. The lowest BCUT2D eigenvalue weighted by Gasteiger charge is -2.33. The van der Waals surface area contributed by atoms with Crippen molar-refractivity contribution < 1.29 is 0 Å². The smallest absolute Gasteiger partial charge is 0.0294 e. The zero-order valence-corrected chi connectivity index (χ0v) is 13.2. The van der Waals surface area contributed by atoms with Crippen LogP contribution in [0.25, 0.3) is 0 Å². The van der Waals surface area contributed by atoms with E-state index in [0.29, 0.717) is 17.2 Å². The number of rotatable bonds is 6. The Morgan fingerprint density at radius 2 is 1.44 bits per heavy atom. The van der Waals surface area contributed by atoms with E-state index in [9.17, 15) is 0 Å². The summed E-state index contributed by atoms with van der Waals surface area (Å²) in [4.78, 5) is 0. The second-order valence-corrected chi connectivity index (χ2v) is 7.02. The molecule has 0 radical (unpaired) electrons. The van der Waals surface area contributed by atoms with Gasteiger partial charge in [-0.25, -0.2) is 0 Å². The first-order valence-corrected chi connectivity index (χ1v) is 7.64. The molecule has 0 spiro atoms. The van der Waals surface area contributed by atoms with Gasteiger partial charge in [0.15, 0.2) is 0 Å². The minimum absolute atomic E-state index is 0.0255. The predicted octanol–water partition coefficient (Wildman–Crippen LogP) is 5.52. The maximum absolute atomic E-state index is 6.22. The average molecular weight is 287 g/mol. The van der Waals surface area contributed by atoms with Crippen LogP contribution < -0.4 is 0 Å². The summed E-state index contributed by atoms with van der Waals surface area (Å²) in [6.07, 6.45) is 3.20. The van der Waals surface area contributed by atoms with Crippen LogP contribution in [0.2, 0.25) is 0 Å². The van der Waals surface area contributed by atoms with E-state index in [1.54, 1.807) is 0 Å². The zero-order valence-electron chi connectivity index (χ0n) is 11.7. The molecule has 2 heteroatoms. The van der Waals surface area contributed by atoms with Crippen LogP contribution in [0.5, 0.6) is 0 Å². The standard InChI is InChI=1S/C16H24Cl2/c1-15(2,3)9-10-16(12-17,13-18)11-14-7-5-4-6-8-14/h4-8H,9-13H2,1-3H3. The van der Waals surface area contributed by atoms with Gasteiger partial charge in [-0.3, -0.25) is 0 Å². The fraction of sp³-hybridized carbons (Fsp3) is 0.625. The highest BCUT2D eigenvalue weighted by molar-refractivity contribution is 6.21. The van der Waals surface area contributed by atoms with Crippen molar-refractivity contribution in [3.05, 3.63) is 35.9 Å². The molecule has 0 aliphatic carbocycles.